The maximum Gasteiger partial charge on any atom is 0.221 e. The van der Waals surface area contributed by atoms with Crippen LogP contribution in [0.15, 0.2) is 51.4 Å². The summed E-state index contributed by atoms with van der Waals surface area (Å²) in [6.07, 6.45) is 0. The third kappa shape index (κ3) is 3.00. The number of carbonyl (C=O) groups is 1. The zero-order valence-electron chi connectivity index (χ0n) is 9.71. The van der Waals surface area contributed by atoms with E-state index in [-0.39, 0.29) is 5.91 Å². The highest BCUT2D eigenvalue weighted by Gasteiger charge is 2.09. The van der Waals surface area contributed by atoms with Crippen LogP contribution in [0.25, 0.3) is 11.1 Å². The van der Waals surface area contributed by atoms with Crippen molar-refractivity contribution in [3.63, 3.8) is 0 Å². The molecule has 0 fully saturated rings. The molecule has 0 bridgehead atoms. The Labute approximate surface area is 123 Å². The Morgan fingerprint density at radius 1 is 1.00 bits per heavy atom. The zero-order chi connectivity index (χ0) is 13.1. The molecule has 2 rings (SSSR count). The van der Waals surface area contributed by atoms with E-state index in [2.05, 4.69) is 37.2 Å². The number of benzene rings is 2. The van der Waals surface area contributed by atoms with Crippen LogP contribution in [0.1, 0.15) is 6.92 Å². The number of hydrogen-bond acceptors (Lipinski definition) is 1. The number of anilines is 1. The molecule has 0 radical (unpaired) electrons. The molecule has 4 heteroatoms. The number of rotatable bonds is 2. The fourth-order valence-electron chi connectivity index (χ4n) is 1.67. The molecule has 18 heavy (non-hydrogen) atoms. The van der Waals surface area contributed by atoms with Crippen LogP contribution < -0.4 is 5.32 Å². The molecule has 0 aromatic heterocycles. The number of amides is 1. The Bertz CT molecular complexity index is 559. The van der Waals surface area contributed by atoms with E-state index in [1.54, 1.807) is 0 Å². The van der Waals surface area contributed by atoms with Crippen molar-refractivity contribution >= 4 is 43.5 Å². The van der Waals surface area contributed by atoms with Crippen LogP contribution in [0.3, 0.4) is 0 Å². The van der Waals surface area contributed by atoms with Gasteiger partial charge in [-0.1, -0.05) is 30.3 Å². The lowest BCUT2D eigenvalue weighted by Crippen LogP contribution is -2.07. The summed E-state index contributed by atoms with van der Waals surface area (Å²) in [4.78, 5) is 11.1. The molecule has 92 valence electrons. The van der Waals surface area contributed by atoms with Crippen molar-refractivity contribution in [2.24, 2.45) is 0 Å². The highest BCUT2D eigenvalue weighted by atomic mass is 79.9. The van der Waals surface area contributed by atoms with Crippen LogP contribution >= 0.6 is 31.9 Å². The number of halogens is 2. The van der Waals surface area contributed by atoms with Crippen LogP contribution in [0.4, 0.5) is 5.69 Å². The van der Waals surface area contributed by atoms with E-state index in [1.807, 2.05) is 42.5 Å². The summed E-state index contributed by atoms with van der Waals surface area (Å²) < 4.78 is 1.71. The van der Waals surface area contributed by atoms with E-state index in [0.717, 1.165) is 25.8 Å². The van der Waals surface area contributed by atoms with E-state index in [4.69, 9.17) is 0 Å². The van der Waals surface area contributed by atoms with E-state index in [1.165, 1.54) is 6.92 Å². The van der Waals surface area contributed by atoms with E-state index >= 15 is 0 Å². The molecule has 2 aromatic carbocycles. The van der Waals surface area contributed by atoms with Gasteiger partial charge in [0.25, 0.3) is 0 Å². The molecular formula is C14H11Br2NO. The summed E-state index contributed by atoms with van der Waals surface area (Å²) in [6.45, 7) is 1.49. The van der Waals surface area contributed by atoms with Crippen LogP contribution in [0.5, 0.6) is 0 Å². The molecule has 0 unspecified atom stereocenters. The molecular weight excluding hydrogens is 358 g/mol. The first-order valence-corrected chi connectivity index (χ1v) is 6.98. The molecule has 0 aliphatic rings. The predicted molar refractivity (Wildman–Crippen MR) is 81.6 cm³/mol. The molecule has 2 aromatic rings. The molecule has 0 saturated carbocycles. The first-order chi connectivity index (χ1) is 8.58. The minimum atomic E-state index is -0.0936. The van der Waals surface area contributed by atoms with Gasteiger partial charge >= 0.3 is 0 Å². The van der Waals surface area contributed by atoms with Crippen molar-refractivity contribution in [3.05, 3.63) is 51.4 Å². The van der Waals surface area contributed by atoms with Crippen molar-refractivity contribution in [2.75, 3.05) is 5.32 Å². The van der Waals surface area contributed by atoms with Crippen LogP contribution in [0.2, 0.25) is 0 Å². The Morgan fingerprint density at radius 2 is 1.56 bits per heavy atom. The first kappa shape index (κ1) is 13.3. The summed E-state index contributed by atoms with van der Waals surface area (Å²) in [5.74, 6) is -0.0936. The maximum atomic E-state index is 11.1. The average molecular weight is 369 g/mol. The van der Waals surface area contributed by atoms with Crippen molar-refractivity contribution in [1.29, 1.82) is 0 Å². The zero-order valence-corrected chi connectivity index (χ0v) is 12.9. The Kier molecular flexibility index (Phi) is 4.19. The Hall–Kier alpha value is -1.13. The van der Waals surface area contributed by atoms with E-state index in [0.29, 0.717) is 0 Å². The third-order valence-electron chi connectivity index (χ3n) is 2.45. The lowest BCUT2D eigenvalue weighted by Gasteiger charge is -2.11. The first-order valence-electron chi connectivity index (χ1n) is 5.40. The van der Waals surface area contributed by atoms with Gasteiger partial charge in [0.1, 0.15) is 0 Å². The molecule has 0 heterocycles. The summed E-state index contributed by atoms with van der Waals surface area (Å²) in [5.41, 5.74) is 2.97. The standard InChI is InChI=1S/C14H11Br2NO/c1-9(18)17-14-12(15)7-11(8-13(14)16)10-5-3-2-4-6-10/h2-8H,1H3,(H,17,18). The fraction of sp³-hybridized carbons (Fsp3) is 0.0714. The van der Waals surface area contributed by atoms with Gasteiger partial charge in [-0.25, -0.2) is 0 Å². The van der Waals surface area contributed by atoms with Crippen molar-refractivity contribution < 1.29 is 4.79 Å². The fourth-order valence-corrected chi connectivity index (χ4v) is 3.05. The second-order valence-electron chi connectivity index (χ2n) is 3.86. The van der Waals surface area contributed by atoms with Gasteiger partial charge in [-0.15, -0.1) is 0 Å². The van der Waals surface area contributed by atoms with Gasteiger partial charge in [0.15, 0.2) is 0 Å². The van der Waals surface area contributed by atoms with Crippen LogP contribution in [0, 0.1) is 0 Å². The normalized spacial score (nSPS) is 10.2. The Morgan fingerprint density at radius 3 is 2.06 bits per heavy atom. The third-order valence-corrected chi connectivity index (χ3v) is 3.70. The molecule has 0 aliphatic heterocycles. The number of hydrogen-bond donors (Lipinski definition) is 1. The summed E-state index contributed by atoms with van der Waals surface area (Å²) >= 11 is 6.96. The lowest BCUT2D eigenvalue weighted by molar-refractivity contribution is -0.114. The summed E-state index contributed by atoms with van der Waals surface area (Å²) in [5, 5.41) is 2.79. The van der Waals surface area contributed by atoms with Crippen molar-refractivity contribution in [3.8, 4) is 11.1 Å². The van der Waals surface area contributed by atoms with Gasteiger partial charge in [0, 0.05) is 15.9 Å². The predicted octanol–water partition coefficient (Wildman–Crippen LogP) is 4.84. The number of nitrogens with one attached hydrogen (secondary N) is 1. The minimum Gasteiger partial charge on any atom is -0.324 e. The molecule has 1 N–H and O–H groups in total. The van der Waals surface area contributed by atoms with E-state index in [9.17, 15) is 4.79 Å². The highest BCUT2D eigenvalue weighted by Crippen LogP contribution is 2.36. The van der Waals surface area contributed by atoms with Crippen molar-refractivity contribution in [1.82, 2.24) is 0 Å². The smallest absolute Gasteiger partial charge is 0.221 e. The molecule has 0 spiro atoms. The minimum absolute atomic E-state index is 0.0936. The highest BCUT2D eigenvalue weighted by molar-refractivity contribution is 9.11. The lowest BCUT2D eigenvalue weighted by atomic mass is 10.1. The van der Waals surface area contributed by atoms with Gasteiger partial charge in [0.05, 0.1) is 5.69 Å². The second kappa shape index (κ2) is 5.67. The molecule has 2 nitrogen and oxygen atoms in total. The summed E-state index contributed by atoms with van der Waals surface area (Å²) in [6, 6.07) is 14.1. The molecule has 0 atom stereocenters. The topological polar surface area (TPSA) is 29.1 Å². The van der Waals surface area contributed by atoms with Gasteiger partial charge in [0.2, 0.25) is 5.91 Å². The SMILES string of the molecule is CC(=O)Nc1c(Br)cc(-c2ccccc2)cc1Br. The molecule has 1 amide bonds. The van der Waals surface area contributed by atoms with Gasteiger partial charge < -0.3 is 5.32 Å². The largest absolute Gasteiger partial charge is 0.324 e. The average Bonchev–Trinajstić information content (AvgIpc) is 2.34. The van der Waals surface area contributed by atoms with Gasteiger partial charge in [-0.3, -0.25) is 4.79 Å². The maximum absolute atomic E-state index is 11.1. The van der Waals surface area contributed by atoms with Gasteiger partial charge in [-0.2, -0.15) is 0 Å². The van der Waals surface area contributed by atoms with Crippen LogP contribution in [-0.2, 0) is 4.79 Å². The van der Waals surface area contributed by atoms with Crippen molar-refractivity contribution in [2.45, 2.75) is 6.92 Å². The second-order valence-corrected chi connectivity index (χ2v) is 5.57. The molecule has 0 aliphatic carbocycles. The quantitative estimate of drug-likeness (QED) is 0.807. The molecule has 0 saturated heterocycles. The Balaban J connectivity index is 2.46. The van der Waals surface area contributed by atoms with Gasteiger partial charge in [-0.05, 0) is 55.1 Å². The van der Waals surface area contributed by atoms with Crippen LogP contribution in [-0.4, -0.2) is 5.91 Å². The van der Waals surface area contributed by atoms with E-state index < -0.39 is 0 Å². The monoisotopic (exact) mass is 367 g/mol. The summed E-state index contributed by atoms with van der Waals surface area (Å²) in [7, 11) is 0. The number of carbonyl (C=O) groups excluding carboxylic acids is 1.